The molecule has 7 heteroatoms. The van der Waals surface area contributed by atoms with Gasteiger partial charge >= 0.3 is 0 Å². The number of aromatic amines is 1. The summed E-state index contributed by atoms with van der Waals surface area (Å²) in [4.78, 5) is 23.2. The first-order valence-electron chi connectivity index (χ1n) is 6.11. The SMILES string of the molecule is Cc1ncsc1Cn1c(=S)[nH]c2sc(C)c(C)c2c1=O. The summed E-state index contributed by atoms with van der Waals surface area (Å²) in [6, 6.07) is 0. The standard InChI is InChI=1S/C13H13N3OS3/c1-6-8(3)20-11-10(6)12(17)16(13(18)15-11)4-9-7(2)14-5-19-9/h5H,4H2,1-3H3,(H,15,18). The molecule has 0 amide bonds. The summed E-state index contributed by atoms with van der Waals surface area (Å²) in [6.07, 6.45) is 0. The van der Waals surface area contributed by atoms with Gasteiger partial charge in [0.15, 0.2) is 4.77 Å². The van der Waals surface area contributed by atoms with Crippen molar-refractivity contribution in [1.29, 1.82) is 0 Å². The second kappa shape index (κ2) is 4.91. The van der Waals surface area contributed by atoms with E-state index in [1.165, 1.54) is 0 Å². The lowest BCUT2D eigenvalue weighted by atomic mass is 10.2. The van der Waals surface area contributed by atoms with Crippen molar-refractivity contribution >= 4 is 45.1 Å². The van der Waals surface area contributed by atoms with Gasteiger partial charge in [-0.2, -0.15) is 0 Å². The van der Waals surface area contributed by atoms with Gasteiger partial charge in [0.2, 0.25) is 0 Å². The topological polar surface area (TPSA) is 50.7 Å². The fourth-order valence-electron chi connectivity index (χ4n) is 2.13. The van der Waals surface area contributed by atoms with Crippen LogP contribution in [0.3, 0.4) is 0 Å². The monoisotopic (exact) mass is 323 g/mol. The van der Waals surface area contributed by atoms with Crippen molar-refractivity contribution in [3.05, 3.63) is 41.6 Å². The van der Waals surface area contributed by atoms with E-state index in [0.29, 0.717) is 11.3 Å². The Labute approximate surface area is 128 Å². The molecule has 20 heavy (non-hydrogen) atoms. The summed E-state index contributed by atoms with van der Waals surface area (Å²) in [5, 5.41) is 0.753. The highest BCUT2D eigenvalue weighted by atomic mass is 32.1. The number of hydrogen-bond donors (Lipinski definition) is 1. The average molecular weight is 323 g/mol. The van der Waals surface area contributed by atoms with Gasteiger partial charge in [0.25, 0.3) is 5.56 Å². The van der Waals surface area contributed by atoms with E-state index in [9.17, 15) is 4.79 Å². The number of H-pyrrole nitrogens is 1. The zero-order valence-corrected chi connectivity index (χ0v) is 13.8. The fourth-order valence-corrected chi connectivity index (χ4v) is 4.26. The van der Waals surface area contributed by atoms with Gasteiger partial charge in [-0.25, -0.2) is 4.98 Å². The molecule has 3 heterocycles. The summed E-state index contributed by atoms with van der Waals surface area (Å²) in [7, 11) is 0. The Morgan fingerprint density at radius 2 is 2.15 bits per heavy atom. The van der Waals surface area contributed by atoms with Crippen LogP contribution in [-0.4, -0.2) is 14.5 Å². The molecule has 0 aliphatic rings. The maximum Gasteiger partial charge on any atom is 0.263 e. The second-order valence-electron chi connectivity index (χ2n) is 4.67. The van der Waals surface area contributed by atoms with Crippen molar-refractivity contribution in [3.8, 4) is 0 Å². The number of fused-ring (bicyclic) bond motifs is 1. The first-order valence-corrected chi connectivity index (χ1v) is 8.21. The van der Waals surface area contributed by atoms with Crippen LogP contribution in [0.2, 0.25) is 0 Å². The van der Waals surface area contributed by atoms with E-state index in [-0.39, 0.29) is 5.56 Å². The number of nitrogens with zero attached hydrogens (tertiary/aromatic N) is 2. The van der Waals surface area contributed by atoms with Crippen LogP contribution in [0.15, 0.2) is 10.3 Å². The highest BCUT2D eigenvalue weighted by molar-refractivity contribution is 7.71. The molecule has 0 fully saturated rings. The highest BCUT2D eigenvalue weighted by Crippen LogP contribution is 2.26. The first kappa shape index (κ1) is 13.7. The maximum absolute atomic E-state index is 12.7. The Bertz CT molecular complexity index is 913. The minimum Gasteiger partial charge on any atom is -0.323 e. The van der Waals surface area contributed by atoms with Gasteiger partial charge in [0.1, 0.15) is 4.83 Å². The molecule has 0 aromatic carbocycles. The molecule has 4 nitrogen and oxygen atoms in total. The van der Waals surface area contributed by atoms with Crippen molar-refractivity contribution in [1.82, 2.24) is 14.5 Å². The van der Waals surface area contributed by atoms with Crippen molar-refractivity contribution in [2.24, 2.45) is 0 Å². The molecule has 0 aliphatic carbocycles. The zero-order valence-electron chi connectivity index (χ0n) is 11.3. The lowest BCUT2D eigenvalue weighted by molar-refractivity contribution is 0.739. The Kier molecular flexibility index (Phi) is 3.35. The molecule has 0 bridgehead atoms. The van der Waals surface area contributed by atoms with E-state index in [0.717, 1.165) is 31.2 Å². The summed E-state index contributed by atoms with van der Waals surface area (Å²) in [6.45, 7) is 6.43. The summed E-state index contributed by atoms with van der Waals surface area (Å²) in [5.74, 6) is 0. The largest absolute Gasteiger partial charge is 0.323 e. The molecule has 3 aromatic heterocycles. The van der Waals surface area contributed by atoms with E-state index in [1.807, 2.05) is 20.8 Å². The van der Waals surface area contributed by atoms with Gasteiger partial charge in [0, 0.05) is 9.75 Å². The molecule has 0 spiro atoms. The molecule has 0 radical (unpaired) electrons. The van der Waals surface area contributed by atoms with E-state index >= 15 is 0 Å². The van der Waals surface area contributed by atoms with E-state index in [1.54, 1.807) is 32.8 Å². The van der Waals surface area contributed by atoms with Gasteiger partial charge in [-0.05, 0) is 38.6 Å². The van der Waals surface area contributed by atoms with E-state index in [2.05, 4.69) is 9.97 Å². The normalized spacial score (nSPS) is 11.3. The Hall–Kier alpha value is -1.31. The van der Waals surface area contributed by atoms with Crippen molar-refractivity contribution < 1.29 is 0 Å². The summed E-state index contributed by atoms with van der Waals surface area (Å²) >= 11 is 8.46. The minimum absolute atomic E-state index is 0.0154. The van der Waals surface area contributed by atoms with Crippen LogP contribution in [0.1, 0.15) is 21.0 Å². The van der Waals surface area contributed by atoms with Crippen LogP contribution < -0.4 is 5.56 Å². The third-order valence-corrected chi connectivity index (χ3v) is 5.82. The van der Waals surface area contributed by atoms with Gasteiger partial charge in [-0.15, -0.1) is 22.7 Å². The van der Waals surface area contributed by atoms with Crippen LogP contribution in [-0.2, 0) is 6.54 Å². The van der Waals surface area contributed by atoms with E-state index in [4.69, 9.17) is 12.2 Å². The Balaban J connectivity index is 2.26. The summed E-state index contributed by atoms with van der Waals surface area (Å²) < 4.78 is 2.09. The number of aromatic nitrogens is 3. The zero-order chi connectivity index (χ0) is 14.4. The molecule has 0 unspecified atom stereocenters. The first-order chi connectivity index (χ1) is 9.49. The average Bonchev–Trinajstić information content (AvgIpc) is 2.90. The predicted octanol–water partition coefficient (Wildman–Crippen LogP) is 3.55. The van der Waals surface area contributed by atoms with Crippen LogP contribution >= 0.6 is 34.9 Å². The number of hydrogen-bond acceptors (Lipinski definition) is 5. The second-order valence-corrected chi connectivity index (χ2v) is 7.22. The van der Waals surface area contributed by atoms with Gasteiger partial charge < -0.3 is 4.98 Å². The van der Waals surface area contributed by atoms with Gasteiger partial charge in [-0.3, -0.25) is 9.36 Å². The Morgan fingerprint density at radius 3 is 2.80 bits per heavy atom. The minimum atomic E-state index is -0.0154. The predicted molar refractivity (Wildman–Crippen MR) is 86.7 cm³/mol. The quantitative estimate of drug-likeness (QED) is 0.734. The third kappa shape index (κ3) is 2.06. The molecular formula is C13H13N3OS3. The number of nitrogens with one attached hydrogen (secondary N) is 1. The van der Waals surface area contributed by atoms with Gasteiger partial charge in [0.05, 0.1) is 23.1 Å². The van der Waals surface area contributed by atoms with Crippen molar-refractivity contribution in [2.45, 2.75) is 27.3 Å². The molecule has 3 rings (SSSR count). The number of thiazole rings is 1. The molecule has 0 saturated carbocycles. The van der Waals surface area contributed by atoms with Crippen molar-refractivity contribution in [2.75, 3.05) is 0 Å². The van der Waals surface area contributed by atoms with Gasteiger partial charge in [-0.1, -0.05) is 0 Å². The fraction of sp³-hybridized carbons (Fsp3) is 0.308. The van der Waals surface area contributed by atoms with Crippen molar-refractivity contribution in [3.63, 3.8) is 0 Å². The smallest absolute Gasteiger partial charge is 0.263 e. The Morgan fingerprint density at radius 1 is 1.40 bits per heavy atom. The summed E-state index contributed by atoms with van der Waals surface area (Å²) in [5.41, 5.74) is 3.77. The molecular weight excluding hydrogens is 310 g/mol. The number of aryl methyl sites for hydroxylation is 3. The van der Waals surface area contributed by atoms with Crippen LogP contribution in [0.25, 0.3) is 10.2 Å². The lowest BCUT2D eigenvalue weighted by Gasteiger charge is -2.05. The highest BCUT2D eigenvalue weighted by Gasteiger charge is 2.14. The van der Waals surface area contributed by atoms with Crippen LogP contribution in [0.5, 0.6) is 0 Å². The number of thiophene rings is 1. The molecule has 3 aromatic rings. The van der Waals surface area contributed by atoms with Crippen LogP contribution in [0.4, 0.5) is 0 Å². The maximum atomic E-state index is 12.7. The molecule has 104 valence electrons. The third-order valence-electron chi connectivity index (χ3n) is 3.46. The number of rotatable bonds is 2. The lowest BCUT2D eigenvalue weighted by Crippen LogP contribution is -2.22. The molecule has 1 N–H and O–H groups in total. The van der Waals surface area contributed by atoms with Crippen LogP contribution in [0, 0.1) is 25.5 Å². The van der Waals surface area contributed by atoms with E-state index < -0.39 is 0 Å². The molecule has 0 aliphatic heterocycles. The molecule has 0 atom stereocenters. The molecule has 0 saturated heterocycles.